The average Bonchev–Trinajstić information content (AvgIpc) is 3.32. The normalized spacial score (nSPS) is 17.1. The Balaban J connectivity index is 0.000000262. The van der Waals surface area contributed by atoms with Gasteiger partial charge in [-0.05, 0) is 0 Å². The molecule has 1 saturated heterocycles. The van der Waals surface area contributed by atoms with Crippen molar-refractivity contribution in [3.05, 3.63) is 89.5 Å². The molecule has 33 heavy (non-hydrogen) atoms. The molecule has 1 aliphatic carbocycles. The molecule has 174 valence electrons. The van der Waals surface area contributed by atoms with Gasteiger partial charge < -0.3 is 24.8 Å². The molecule has 0 radical (unpaired) electrons. The molecule has 0 nitrogen and oxygen atoms in total. The summed E-state index contributed by atoms with van der Waals surface area (Å²) in [7, 11) is 0. The Morgan fingerprint density at radius 1 is 0.879 bits per heavy atom. The van der Waals surface area contributed by atoms with Crippen molar-refractivity contribution in [3.8, 4) is 11.1 Å². The predicted molar refractivity (Wildman–Crippen MR) is 134 cm³/mol. The number of rotatable bonds is 1. The Labute approximate surface area is 228 Å². The van der Waals surface area contributed by atoms with Crippen molar-refractivity contribution >= 4 is 16.2 Å². The Bertz CT molecular complexity index is 1070. The molecule has 1 fully saturated rings. The van der Waals surface area contributed by atoms with Gasteiger partial charge in [0, 0.05) is 0 Å². The summed E-state index contributed by atoms with van der Waals surface area (Å²) >= 11 is 1.87. The van der Waals surface area contributed by atoms with E-state index in [2.05, 4.69) is 101 Å². The van der Waals surface area contributed by atoms with Crippen LogP contribution < -0.4 is 24.8 Å². The molecule has 2 aliphatic rings. The molecule has 1 unspecified atom stereocenters. The SMILES string of the molecule is CC1=[C-]C(C)C(C)=C1C.[Cl-].[Cl-].[Zr+2]=[Si]1CCCCC1.c1ccc(-c2c[cH-]c3ccccc23)cc1. The Kier molecular flexibility index (Phi) is 14.0. The van der Waals surface area contributed by atoms with Crippen molar-refractivity contribution < 1.29 is 48.1 Å². The second-order valence-electron chi connectivity index (χ2n) is 8.66. The van der Waals surface area contributed by atoms with E-state index in [-0.39, 0.29) is 24.8 Å². The van der Waals surface area contributed by atoms with Crippen LogP contribution in [0.1, 0.15) is 47.0 Å². The smallest absolute Gasteiger partial charge is 0.0623 e. The molecular weight excluding hydrogens is 539 g/mol. The first-order valence-corrected chi connectivity index (χ1v) is 17.1. The first-order valence-electron chi connectivity index (χ1n) is 11.5. The minimum atomic E-state index is 0. The quantitative estimate of drug-likeness (QED) is 0.311. The second-order valence-corrected chi connectivity index (χ2v) is 16.1. The zero-order chi connectivity index (χ0) is 22.2. The summed E-state index contributed by atoms with van der Waals surface area (Å²) in [6.45, 7) is 8.67. The van der Waals surface area contributed by atoms with Crippen molar-refractivity contribution in [1.82, 2.24) is 0 Å². The molecule has 0 N–H and O–H groups in total. The van der Waals surface area contributed by atoms with Gasteiger partial charge in [-0.15, -0.1) is 53.6 Å². The Morgan fingerprint density at radius 3 is 1.97 bits per heavy atom. The standard InChI is InChI=1S/C15H11.C9H13.C5H10Si.2ClH.Zr/c1-2-6-12(7-3-1)15-11-10-13-8-4-5-9-14(13)15;1-6-5-7(2)9(4)8(6)3;1-2-4-6-5-3-1;;;/h1-11H;6H,1-4H3;1-5H2;2*1H;/q2*-1;;;;+2/p-2. The first-order chi connectivity index (χ1) is 15.0. The van der Waals surface area contributed by atoms with E-state index in [1.54, 1.807) is 24.9 Å². The van der Waals surface area contributed by atoms with Gasteiger partial charge in [0.15, 0.2) is 0 Å². The summed E-state index contributed by atoms with van der Waals surface area (Å²) in [5.41, 5.74) is 7.16. The predicted octanol–water partition coefficient (Wildman–Crippen LogP) is 2.66. The van der Waals surface area contributed by atoms with Gasteiger partial charge in [-0.1, -0.05) is 68.7 Å². The molecule has 0 saturated carbocycles. The maximum absolute atomic E-state index is 3.36. The summed E-state index contributed by atoms with van der Waals surface area (Å²) in [6, 6.07) is 26.7. The molecule has 0 amide bonds. The van der Waals surface area contributed by atoms with E-state index in [0.717, 1.165) is 0 Å². The largest absolute Gasteiger partial charge is 0.150 e. The minimum Gasteiger partial charge on any atom is -0.150 e. The molecule has 0 aromatic heterocycles. The van der Waals surface area contributed by atoms with E-state index >= 15 is 0 Å². The van der Waals surface area contributed by atoms with Gasteiger partial charge in [0.05, 0.1) is 0 Å². The Morgan fingerprint density at radius 2 is 1.48 bits per heavy atom. The van der Waals surface area contributed by atoms with Crippen LogP contribution in [0.5, 0.6) is 0 Å². The van der Waals surface area contributed by atoms with Gasteiger partial charge in [-0.25, -0.2) is 5.57 Å². The van der Waals surface area contributed by atoms with Crippen molar-refractivity contribution in [2.45, 2.75) is 59.0 Å². The van der Waals surface area contributed by atoms with Gasteiger partial charge in [-0.3, -0.25) is 6.08 Å². The maximum Gasteiger partial charge on any atom is -0.0623 e. The van der Waals surface area contributed by atoms with Crippen LogP contribution in [0.2, 0.25) is 12.1 Å². The molecule has 5 rings (SSSR count). The third-order valence-electron chi connectivity index (χ3n) is 6.46. The number of hydrogen-bond donors (Lipinski definition) is 0. The zero-order valence-electron chi connectivity index (χ0n) is 20.2. The van der Waals surface area contributed by atoms with Crippen LogP contribution in [-0.4, -0.2) is 5.43 Å². The van der Waals surface area contributed by atoms with Crippen molar-refractivity contribution in [2.75, 3.05) is 0 Å². The monoisotopic (exact) mass is 570 g/mol. The van der Waals surface area contributed by atoms with Gasteiger partial charge in [0.1, 0.15) is 0 Å². The first kappa shape index (κ1) is 30.2. The molecule has 0 spiro atoms. The van der Waals surface area contributed by atoms with Crippen LogP contribution in [-0.2, 0) is 23.3 Å². The second kappa shape index (κ2) is 15.3. The van der Waals surface area contributed by atoms with Crippen molar-refractivity contribution in [1.29, 1.82) is 0 Å². The average molecular weight is 573 g/mol. The fourth-order valence-corrected chi connectivity index (χ4v) is 8.37. The molecule has 3 aromatic carbocycles. The number of fused-ring (bicyclic) bond motifs is 1. The molecule has 1 heterocycles. The molecule has 1 atom stereocenters. The van der Waals surface area contributed by atoms with E-state index in [4.69, 9.17) is 0 Å². The number of halogens is 2. The fourth-order valence-electron chi connectivity index (χ4n) is 4.16. The van der Waals surface area contributed by atoms with Crippen molar-refractivity contribution in [3.63, 3.8) is 0 Å². The van der Waals surface area contributed by atoms with Gasteiger partial charge in [-0.2, -0.15) is 11.1 Å². The van der Waals surface area contributed by atoms with Crippen LogP contribution >= 0.6 is 0 Å². The molecule has 1 aliphatic heterocycles. The van der Waals surface area contributed by atoms with E-state index in [0.29, 0.717) is 11.4 Å². The number of hydrogen-bond acceptors (Lipinski definition) is 0. The molecule has 4 heteroatoms. The summed E-state index contributed by atoms with van der Waals surface area (Å²) in [6.07, 6.45) is 8.00. The van der Waals surface area contributed by atoms with E-state index in [9.17, 15) is 0 Å². The van der Waals surface area contributed by atoms with Gasteiger partial charge in [0.25, 0.3) is 0 Å². The topological polar surface area (TPSA) is 0 Å². The summed E-state index contributed by atoms with van der Waals surface area (Å²) in [5.74, 6) is 0.560. The van der Waals surface area contributed by atoms with Crippen molar-refractivity contribution in [2.24, 2.45) is 5.92 Å². The van der Waals surface area contributed by atoms with Crippen LogP contribution in [0.15, 0.2) is 83.4 Å². The Hall–Kier alpha value is -0.790. The third kappa shape index (κ3) is 8.74. The number of benzene rings is 2. The van der Waals surface area contributed by atoms with E-state index in [1.165, 1.54) is 45.0 Å². The van der Waals surface area contributed by atoms with Crippen LogP contribution in [0.3, 0.4) is 0 Å². The van der Waals surface area contributed by atoms with Crippen LogP contribution in [0.25, 0.3) is 21.9 Å². The summed E-state index contributed by atoms with van der Waals surface area (Å²) in [5, 5.41) is 2.65. The molecular formula is C29H34Cl2SiZr-2. The van der Waals surface area contributed by atoms with E-state index < -0.39 is 0 Å². The molecule has 0 bridgehead atoms. The summed E-state index contributed by atoms with van der Waals surface area (Å²) in [4.78, 5) is 0. The third-order valence-corrected chi connectivity index (χ3v) is 12.1. The minimum absolute atomic E-state index is 0. The zero-order valence-corrected chi connectivity index (χ0v) is 25.2. The summed E-state index contributed by atoms with van der Waals surface area (Å²) < 4.78 is 0. The van der Waals surface area contributed by atoms with E-state index in [1.807, 2.05) is 23.3 Å². The molecule has 3 aromatic rings. The fraction of sp³-hybridized carbons (Fsp3) is 0.345. The van der Waals surface area contributed by atoms with Gasteiger partial charge >= 0.3 is 60.1 Å². The van der Waals surface area contributed by atoms with Crippen LogP contribution in [0, 0.1) is 12.0 Å². The van der Waals surface area contributed by atoms with Crippen LogP contribution in [0.4, 0.5) is 0 Å². The van der Waals surface area contributed by atoms with Gasteiger partial charge in [0.2, 0.25) is 0 Å². The number of allylic oxidation sites excluding steroid dienone is 4. The maximum atomic E-state index is 3.36.